The Labute approximate surface area is 94.3 Å². The van der Waals surface area contributed by atoms with Crippen molar-refractivity contribution in [2.24, 2.45) is 0 Å². The highest BCUT2D eigenvalue weighted by molar-refractivity contribution is 9.09. The summed E-state index contributed by atoms with van der Waals surface area (Å²) in [4.78, 5) is 20.4. The van der Waals surface area contributed by atoms with E-state index in [0.29, 0.717) is 5.56 Å². The first-order valence-corrected chi connectivity index (χ1v) is 4.94. The summed E-state index contributed by atoms with van der Waals surface area (Å²) in [5, 5.41) is 10.4. The van der Waals surface area contributed by atoms with Crippen molar-refractivity contribution < 1.29 is 14.5 Å². The zero-order valence-corrected chi connectivity index (χ0v) is 9.43. The van der Waals surface area contributed by atoms with Crippen LogP contribution in [0.3, 0.4) is 0 Å². The first-order valence-electron chi connectivity index (χ1n) is 4.02. The van der Waals surface area contributed by atoms with Gasteiger partial charge < -0.3 is 4.74 Å². The van der Waals surface area contributed by atoms with Gasteiger partial charge in [-0.3, -0.25) is 14.9 Å². The SMILES string of the molecule is COC(=O)[C@@H](Br)c1ccc([N+](=O)[O-])cc1. The third kappa shape index (κ3) is 2.76. The third-order valence-corrected chi connectivity index (χ3v) is 2.71. The van der Waals surface area contributed by atoms with Crippen LogP contribution in [0.15, 0.2) is 24.3 Å². The van der Waals surface area contributed by atoms with E-state index in [1.807, 2.05) is 0 Å². The molecule has 0 amide bonds. The van der Waals surface area contributed by atoms with Crippen molar-refractivity contribution in [3.05, 3.63) is 39.9 Å². The lowest BCUT2D eigenvalue weighted by Crippen LogP contribution is -2.07. The number of hydrogen-bond acceptors (Lipinski definition) is 4. The molecule has 1 aromatic carbocycles. The number of ether oxygens (including phenoxy) is 1. The summed E-state index contributed by atoms with van der Waals surface area (Å²) in [5.41, 5.74) is 0.607. The molecule has 15 heavy (non-hydrogen) atoms. The second-order valence-electron chi connectivity index (χ2n) is 2.73. The van der Waals surface area contributed by atoms with Crippen molar-refractivity contribution in [3.63, 3.8) is 0 Å². The van der Waals surface area contributed by atoms with Gasteiger partial charge in [0.2, 0.25) is 0 Å². The lowest BCUT2D eigenvalue weighted by molar-refractivity contribution is -0.384. The number of methoxy groups -OCH3 is 1. The molecule has 0 aliphatic rings. The molecule has 5 nitrogen and oxygen atoms in total. The summed E-state index contributed by atoms with van der Waals surface area (Å²) in [6, 6.07) is 5.70. The molecule has 80 valence electrons. The van der Waals surface area contributed by atoms with Gasteiger partial charge in [0.1, 0.15) is 4.83 Å². The molecular weight excluding hydrogens is 266 g/mol. The Morgan fingerprint density at radius 3 is 2.40 bits per heavy atom. The number of carbonyl (C=O) groups excluding carboxylic acids is 1. The molecule has 0 fully saturated rings. The molecule has 0 N–H and O–H groups in total. The smallest absolute Gasteiger partial charge is 0.323 e. The number of nitrogens with zero attached hydrogens (tertiary/aromatic N) is 1. The van der Waals surface area contributed by atoms with Crippen molar-refractivity contribution in [3.8, 4) is 0 Å². The normalized spacial score (nSPS) is 11.9. The summed E-state index contributed by atoms with van der Waals surface area (Å²) in [7, 11) is 1.28. The highest BCUT2D eigenvalue weighted by Crippen LogP contribution is 2.25. The molecule has 0 saturated carbocycles. The molecule has 0 bridgehead atoms. The molecule has 0 radical (unpaired) electrons. The lowest BCUT2D eigenvalue weighted by Gasteiger charge is -2.06. The van der Waals surface area contributed by atoms with Gasteiger partial charge in [-0.2, -0.15) is 0 Å². The second-order valence-corrected chi connectivity index (χ2v) is 3.65. The number of carbonyl (C=O) groups is 1. The van der Waals surface area contributed by atoms with Crippen LogP contribution in [0, 0.1) is 10.1 Å². The summed E-state index contributed by atoms with van der Waals surface area (Å²) in [6.07, 6.45) is 0. The average Bonchev–Trinajstić information content (AvgIpc) is 2.27. The van der Waals surface area contributed by atoms with Crippen molar-refractivity contribution in [2.75, 3.05) is 7.11 Å². The van der Waals surface area contributed by atoms with E-state index < -0.39 is 15.7 Å². The monoisotopic (exact) mass is 273 g/mol. The maximum absolute atomic E-state index is 11.1. The Kier molecular flexibility index (Phi) is 3.79. The van der Waals surface area contributed by atoms with Crippen molar-refractivity contribution in [1.82, 2.24) is 0 Å². The van der Waals surface area contributed by atoms with Crippen LogP contribution in [0.5, 0.6) is 0 Å². The summed E-state index contributed by atoms with van der Waals surface area (Å²) in [5.74, 6) is -0.441. The van der Waals surface area contributed by atoms with Gasteiger partial charge in [0, 0.05) is 12.1 Å². The first kappa shape index (κ1) is 11.6. The van der Waals surface area contributed by atoms with Crippen LogP contribution in [-0.4, -0.2) is 18.0 Å². The van der Waals surface area contributed by atoms with Gasteiger partial charge in [-0.15, -0.1) is 0 Å². The Morgan fingerprint density at radius 2 is 2.00 bits per heavy atom. The predicted molar refractivity (Wildman–Crippen MR) is 56.8 cm³/mol. The second kappa shape index (κ2) is 4.88. The van der Waals surface area contributed by atoms with Gasteiger partial charge >= 0.3 is 5.97 Å². The predicted octanol–water partition coefficient (Wildman–Crippen LogP) is 2.20. The number of benzene rings is 1. The maximum Gasteiger partial charge on any atom is 0.323 e. The zero-order valence-electron chi connectivity index (χ0n) is 7.84. The molecule has 0 unspecified atom stereocenters. The summed E-state index contributed by atoms with van der Waals surface area (Å²) in [6.45, 7) is 0. The molecule has 0 aromatic heterocycles. The van der Waals surface area contributed by atoms with Gasteiger partial charge in [-0.05, 0) is 5.56 Å². The number of nitro groups is 1. The van der Waals surface area contributed by atoms with Crippen LogP contribution in [0.25, 0.3) is 0 Å². The fourth-order valence-electron chi connectivity index (χ4n) is 1.00. The number of non-ortho nitro benzene ring substituents is 1. The number of alkyl halides is 1. The van der Waals surface area contributed by atoms with Crippen molar-refractivity contribution in [2.45, 2.75) is 4.83 Å². The van der Waals surface area contributed by atoms with Crippen LogP contribution < -0.4 is 0 Å². The van der Waals surface area contributed by atoms with E-state index in [2.05, 4.69) is 20.7 Å². The molecule has 1 aromatic rings. The number of hydrogen-bond donors (Lipinski definition) is 0. The van der Waals surface area contributed by atoms with Gasteiger partial charge in [0.05, 0.1) is 12.0 Å². The minimum absolute atomic E-state index is 0.0108. The van der Waals surface area contributed by atoms with Crippen LogP contribution in [-0.2, 0) is 9.53 Å². The molecule has 0 saturated heterocycles. The molecule has 1 atom stereocenters. The number of nitro benzene ring substituents is 1. The minimum Gasteiger partial charge on any atom is -0.468 e. The van der Waals surface area contributed by atoms with Crippen LogP contribution in [0.2, 0.25) is 0 Å². The Hall–Kier alpha value is -1.43. The molecule has 0 spiro atoms. The first-order chi connectivity index (χ1) is 7.06. The van der Waals surface area contributed by atoms with Gasteiger partial charge in [-0.1, -0.05) is 28.1 Å². The summed E-state index contributed by atoms with van der Waals surface area (Å²) >= 11 is 3.13. The standard InChI is InChI=1S/C9H8BrNO4/c1-15-9(12)8(10)6-2-4-7(5-3-6)11(13)14/h2-5,8H,1H3/t8-/m0/s1. The van der Waals surface area contributed by atoms with E-state index >= 15 is 0 Å². The van der Waals surface area contributed by atoms with Crippen LogP contribution >= 0.6 is 15.9 Å². The molecule has 0 heterocycles. The molecule has 0 aliphatic heterocycles. The van der Waals surface area contributed by atoms with E-state index in [1.165, 1.54) is 31.4 Å². The fraction of sp³-hybridized carbons (Fsp3) is 0.222. The third-order valence-electron chi connectivity index (χ3n) is 1.80. The molecular formula is C9H8BrNO4. The Balaban J connectivity index is 2.89. The van der Waals surface area contributed by atoms with E-state index in [4.69, 9.17) is 0 Å². The van der Waals surface area contributed by atoms with Gasteiger partial charge in [0.25, 0.3) is 5.69 Å². The summed E-state index contributed by atoms with van der Waals surface area (Å²) < 4.78 is 4.52. The highest BCUT2D eigenvalue weighted by Gasteiger charge is 2.18. The van der Waals surface area contributed by atoms with Crippen LogP contribution in [0.4, 0.5) is 5.69 Å². The average molecular weight is 274 g/mol. The zero-order chi connectivity index (χ0) is 11.4. The maximum atomic E-state index is 11.1. The number of rotatable bonds is 3. The number of esters is 1. The van der Waals surface area contributed by atoms with E-state index in [1.54, 1.807) is 0 Å². The van der Waals surface area contributed by atoms with E-state index in [0.717, 1.165) is 0 Å². The van der Waals surface area contributed by atoms with E-state index in [9.17, 15) is 14.9 Å². The fourth-order valence-corrected chi connectivity index (χ4v) is 1.50. The topological polar surface area (TPSA) is 69.4 Å². The lowest BCUT2D eigenvalue weighted by atomic mass is 10.1. The van der Waals surface area contributed by atoms with Gasteiger partial charge in [0.15, 0.2) is 0 Å². The largest absolute Gasteiger partial charge is 0.468 e. The van der Waals surface area contributed by atoms with Gasteiger partial charge in [-0.25, -0.2) is 0 Å². The minimum atomic E-state index is -0.594. The highest BCUT2D eigenvalue weighted by atomic mass is 79.9. The van der Waals surface area contributed by atoms with Crippen molar-refractivity contribution in [1.29, 1.82) is 0 Å². The Morgan fingerprint density at radius 1 is 1.47 bits per heavy atom. The van der Waals surface area contributed by atoms with E-state index in [-0.39, 0.29) is 5.69 Å². The molecule has 0 aliphatic carbocycles. The Bertz CT molecular complexity index is 376. The van der Waals surface area contributed by atoms with Crippen molar-refractivity contribution >= 4 is 27.6 Å². The molecule has 1 rings (SSSR count). The number of halogens is 1. The molecule has 6 heteroatoms. The van der Waals surface area contributed by atoms with Crippen LogP contribution in [0.1, 0.15) is 10.4 Å². The quantitative estimate of drug-likeness (QED) is 0.366.